The van der Waals surface area contributed by atoms with Gasteiger partial charge in [0, 0.05) is 31.8 Å². The average Bonchev–Trinajstić information content (AvgIpc) is 2.68. The van der Waals surface area contributed by atoms with Gasteiger partial charge in [-0.2, -0.15) is 0 Å². The maximum Gasteiger partial charge on any atom is 0.0369 e. The summed E-state index contributed by atoms with van der Waals surface area (Å²) in [7, 11) is 0. The molecule has 0 spiro atoms. The SMILES string of the molecule is CC1(C)c2ccc[c-]c2-c2c1ccc1cccnc21.[Ir]. The van der Waals surface area contributed by atoms with E-state index in [9.17, 15) is 0 Å². The molecule has 1 nitrogen and oxygen atoms in total. The van der Waals surface area contributed by atoms with E-state index in [1.54, 1.807) is 0 Å². The third-order valence-corrected chi connectivity index (χ3v) is 4.23. The van der Waals surface area contributed by atoms with Crippen LogP contribution in [0.1, 0.15) is 25.0 Å². The van der Waals surface area contributed by atoms with Crippen molar-refractivity contribution < 1.29 is 20.1 Å². The third kappa shape index (κ3) is 1.62. The van der Waals surface area contributed by atoms with E-state index in [-0.39, 0.29) is 25.5 Å². The molecular formula is C18H14IrN-. The van der Waals surface area contributed by atoms with Crippen LogP contribution in [0.4, 0.5) is 0 Å². The van der Waals surface area contributed by atoms with Crippen LogP contribution in [-0.4, -0.2) is 4.98 Å². The van der Waals surface area contributed by atoms with Crippen LogP contribution in [-0.2, 0) is 25.5 Å². The van der Waals surface area contributed by atoms with Gasteiger partial charge in [0.05, 0.1) is 0 Å². The van der Waals surface area contributed by atoms with E-state index < -0.39 is 0 Å². The summed E-state index contributed by atoms with van der Waals surface area (Å²) in [5.41, 5.74) is 6.31. The van der Waals surface area contributed by atoms with Crippen LogP contribution in [0.3, 0.4) is 0 Å². The molecule has 0 aliphatic heterocycles. The van der Waals surface area contributed by atoms with Gasteiger partial charge in [-0.15, -0.1) is 35.4 Å². The van der Waals surface area contributed by atoms with Crippen LogP contribution in [0.25, 0.3) is 22.0 Å². The Morgan fingerprint density at radius 1 is 1.00 bits per heavy atom. The van der Waals surface area contributed by atoms with Crippen LogP contribution < -0.4 is 0 Å². The van der Waals surface area contributed by atoms with Crippen molar-refractivity contribution in [3.05, 3.63) is 65.9 Å². The van der Waals surface area contributed by atoms with Crippen molar-refractivity contribution in [2.45, 2.75) is 19.3 Å². The summed E-state index contributed by atoms with van der Waals surface area (Å²) in [4.78, 5) is 4.60. The second kappa shape index (κ2) is 4.51. The van der Waals surface area contributed by atoms with E-state index in [0.717, 1.165) is 5.52 Å². The number of rotatable bonds is 0. The molecule has 0 bridgehead atoms. The third-order valence-electron chi connectivity index (χ3n) is 4.23. The number of benzene rings is 2. The normalized spacial score (nSPS) is 14.5. The summed E-state index contributed by atoms with van der Waals surface area (Å²) in [6.07, 6.45) is 1.87. The first-order valence-electron chi connectivity index (χ1n) is 6.59. The Balaban J connectivity index is 0.00000121. The molecule has 0 saturated heterocycles. The van der Waals surface area contributed by atoms with Crippen molar-refractivity contribution in [1.82, 2.24) is 4.98 Å². The summed E-state index contributed by atoms with van der Waals surface area (Å²) in [6, 6.07) is 18.2. The monoisotopic (exact) mass is 437 g/mol. The zero-order valence-electron chi connectivity index (χ0n) is 11.4. The minimum Gasteiger partial charge on any atom is -0.266 e. The van der Waals surface area contributed by atoms with E-state index in [1.807, 2.05) is 18.3 Å². The maximum absolute atomic E-state index is 4.60. The summed E-state index contributed by atoms with van der Waals surface area (Å²) >= 11 is 0. The molecule has 1 aliphatic carbocycles. The molecule has 20 heavy (non-hydrogen) atoms. The summed E-state index contributed by atoms with van der Waals surface area (Å²) in [6.45, 7) is 4.56. The molecule has 0 amide bonds. The molecule has 0 unspecified atom stereocenters. The first-order chi connectivity index (χ1) is 9.19. The van der Waals surface area contributed by atoms with E-state index in [1.165, 1.54) is 27.6 Å². The van der Waals surface area contributed by atoms with Crippen LogP contribution in [0.2, 0.25) is 0 Å². The molecule has 1 radical (unpaired) electrons. The standard InChI is InChI=1S/C18H14N.Ir/c1-18(2)14-8-4-3-7-13(14)16-15(18)10-9-12-6-5-11-19-17(12)16;/h3-6,8-11H,1-2H3;/q-1;. The van der Waals surface area contributed by atoms with E-state index in [4.69, 9.17) is 0 Å². The molecule has 2 heteroatoms. The topological polar surface area (TPSA) is 12.9 Å². The Morgan fingerprint density at radius 3 is 2.70 bits per heavy atom. The predicted octanol–water partition coefficient (Wildman–Crippen LogP) is 4.34. The average molecular weight is 437 g/mol. The Labute approximate surface area is 132 Å². The van der Waals surface area contributed by atoms with Crippen LogP contribution in [0.15, 0.2) is 48.7 Å². The molecule has 2 aromatic carbocycles. The Morgan fingerprint density at radius 2 is 1.85 bits per heavy atom. The van der Waals surface area contributed by atoms with Gasteiger partial charge in [0.1, 0.15) is 0 Å². The zero-order chi connectivity index (χ0) is 13.0. The first kappa shape index (κ1) is 13.5. The van der Waals surface area contributed by atoms with Gasteiger partial charge < -0.3 is 0 Å². The number of nitrogens with zero attached hydrogens (tertiary/aromatic N) is 1. The molecule has 0 N–H and O–H groups in total. The Hall–Kier alpha value is -1.50. The molecular weight excluding hydrogens is 422 g/mol. The minimum atomic E-state index is 0. The fourth-order valence-corrected chi connectivity index (χ4v) is 3.23. The summed E-state index contributed by atoms with van der Waals surface area (Å²) in [5, 5.41) is 1.20. The molecule has 101 valence electrons. The van der Waals surface area contributed by atoms with Crippen molar-refractivity contribution in [2.24, 2.45) is 0 Å². The number of hydrogen-bond acceptors (Lipinski definition) is 1. The van der Waals surface area contributed by atoms with Crippen LogP contribution in [0.5, 0.6) is 0 Å². The largest absolute Gasteiger partial charge is 0.266 e. The second-order valence-electron chi connectivity index (χ2n) is 5.65. The Bertz CT molecular complexity index is 805. The van der Waals surface area contributed by atoms with Crippen molar-refractivity contribution >= 4 is 10.9 Å². The van der Waals surface area contributed by atoms with Gasteiger partial charge >= 0.3 is 0 Å². The predicted molar refractivity (Wildman–Crippen MR) is 78.1 cm³/mol. The number of pyridine rings is 1. The van der Waals surface area contributed by atoms with E-state index in [2.05, 4.69) is 55.2 Å². The molecule has 3 aromatic rings. The maximum atomic E-state index is 4.60. The molecule has 1 heterocycles. The quantitative estimate of drug-likeness (QED) is 0.478. The van der Waals surface area contributed by atoms with Gasteiger partial charge in [-0.3, -0.25) is 4.98 Å². The van der Waals surface area contributed by atoms with Crippen molar-refractivity contribution in [3.63, 3.8) is 0 Å². The fraction of sp³-hybridized carbons (Fsp3) is 0.167. The second-order valence-corrected chi connectivity index (χ2v) is 5.65. The summed E-state index contributed by atoms with van der Waals surface area (Å²) in [5.74, 6) is 0. The number of hydrogen-bond donors (Lipinski definition) is 0. The molecule has 1 aliphatic rings. The molecule has 0 fully saturated rings. The van der Waals surface area contributed by atoms with Gasteiger partial charge in [0.15, 0.2) is 0 Å². The smallest absolute Gasteiger partial charge is 0.0369 e. The van der Waals surface area contributed by atoms with Gasteiger partial charge in [-0.1, -0.05) is 43.2 Å². The fourth-order valence-electron chi connectivity index (χ4n) is 3.23. The van der Waals surface area contributed by atoms with Crippen LogP contribution in [0, 0.1) is 6.07 Å². The van der Waals surface area contributed by atoms with E-state index >= 15 is 0 Å². The van der Waals surface area contributed by atoms with Crippen LogP contribution >= 0.6 is 0 Å². The zero-order valence-corrected chi connectivity index (χ0v) is 13.8. The van der Waals surface area contributed by atoms with Gasteiger partial charge in [0.2, 0.25) is 0 Å². The number of fused-ring (bicyclic) bond motifs is 5. The molecule has 1 aromatic heterocycles. The van der Waals surface area contributed by atoms with Gasteiger partial charge in [-0.05, 0) is 16.9 Å². The Kier molecular flexibility index (Phi) is 3.04. The van der Waals surface area contributed by atoms with Crippen molar-refractivity contribution in [1.29, 1.82) is 0 Å². The van der Waals surface area contributed by atoms with E-state index in [0.29, 0.717) is 0 Å². The molecule has 0 saturated carbocycles. The summed E-state index contributed by atoms with van der Waals surface area (Å²) < 4.78 is 0. The van der Waals surface area contributed by atoms with Crippen molar-refractivity contribution in [3.8, 4) is 11.1 Å². The first-order valence-corrected chi connectivity index (χ1v) is 6.59. The van der Waals surface area contributed by atoms with Crippen molar-refractivity contribution in [2.75, 3.05) is 0 Å². The molecule has 4 rings (SSSR count). The number of aromatic nitrogens is 1. The van der Waals surface area contributed by atoms with Gasteiger partial charge in [-0.25, -0.2) is 0 Å². The van der Waals surface area contributed by atoms with Gasteiger partial charge in [0.25, 0.3) is 0 Å². The molecule has 0 atom stereocenters. The minimum absolute atomic E-state index is 0.